The monoisotopic (exact) mass is 271 g/mol. The molecule has 2 nitrogen and oxygen atoms in total. The summed E-state index contributed by atoms with van der Waals surface area (Å²) in [6.07, 6.45) is 1.86. The number of aliphatic imine (C=N–C) groups is 1. The van der Waals surface area contributed by atoms with Crippen LogP contribution in [0.25, 0.3) is 0 Å². The molecule has 19 heavy (non-hydrogen) atoms. The van der Waals surface area contributed by atoms with Crippen LogP contribution in [-0.4, -0.2) is 18.4 Å². The highest BCUT2D eigenvalue weighted by atomic mass is 31.1. The van der Waals surface area contributed by atoms with Crippen molar-refractivity contribution in [2.24, 2.45) is 4.99 Å². The fraction of sp³-hybridized carbons (Fsp3) is 0.188. The van der Waals surface area contributed by atoms with Crippen molar-refractivity contribution in [2.45, 2.75) is 13.8 Å². The van der Waals surface area contributed by atoms with Gasteiger partial charge in [0.2, 0.25) is 0 Å². The van der Waals surface area contributed by atoms with Crippen LogP contribution in [0, 0.1) is 13.8 Å². The van der Waals surface area contributed by atoms with Gasteiger partial charge in [-0.2, -0.15) is 0 Å². The van der Waals surface area contributed by atoms with Crippen molar-refractivity contribution in [1.82, 2.24) is 0 Å². The zero-order chi connectivity index (χ0) is 13.8. The summed E-state index contributed by atoms with van der Waals surface area (Å²) in [5.41, 5.74) is 3.23. The molecule has 0 amide bonds. The third kappa shape index (κ3) is 3.21. The standard InChI is InChI=1S/C16H18NOP/c1-11-8-12(2)16(18)15(9-11)19-14-7-5-4-6-13(14)10-17-3/h4-10,18-19H,1-3H3. The van der Waals surface area contributed by atoms with Crippen LogP contribution < -0.4 is 10.6 Å². The van der Waals surface area contributed by atoms with Gasteiger partial charge in [-0.25, -0.2) is 0 Å². The van der Waals surface area contributed by atoms with Crippen molar-refractivity contribution in [1.29, 1.82) is 0 Å². The SMILES string of the molecule is CN=Cc1ccccc1Pc1cc(C)cc(C)c1O. The van der Waals surface area contributed by atoms with E-state index >= 15 is 0 Å². The van der Waals surface area contributed by atoms with E-state index in [4.69, 9.17) is 0 Å². The quantitative estimate of drug-likeness (QED) is 0.675. The highest BCUT2D eigenvalue weighted by Gasteiger charge is 2.08. The van der Waals surface area contributed by atoms with E-state index in [2.05, 4.69) is 30.1 Å². The number of benzene rings is 2. The zero-order valence-corrected chi connectivity index (χ0v) is 12.4. The van der Waals surface area contributed by atoms with Crippen molar-refractivity contribution < 1.29 is 5.11 Å². The molecule has 0 heterocycles. The molecule has 0 aromatic heterocycles. The molecule has 2 aromatic carbocycles. The number of hydrogen-bond donors (Lipinski definition) is 1. The molecule has 0 saturated carbocycles. The number of rotatable bonds is 3. The molecule has 0 saturated heterocycles. The van der Waals surface area contributed by atoms with Crippen LogP contribution in [0.4, 0.5) is 0 Å². The van der Waals surface area contributed by atoms with Crippen molar-refractivity contribution in [3.63, 3.8) is 0 Å². The van der Waals surface area contributed by atoms with Crippen LogP contribution in [-0.2, 0) is 0 Å². The molecular formula is C16H18NOP. The Balaban J connectivity index is 2.42. The molecule has 0 fully saturated rings. The largest absolute Gasteiger partial charge is 0.507 e. The normalized spacial score (nSPS) is 11.7. The van der Waals surface area contributed by atoms with Crippen LogP contribution in [0.15, 0.2) is 41.4 Å². The lowest BCUT2D eigenvalue weighted by Gasteiger charge is -2.11. The van der Waals surface area contributed by atoms with Gasteiger partial charge >= 0.3 is 0 Å². The van der Waals surface area contributed by atoms with E-state index in [1.807, 2.05) is 31.3 Å². The van der Waals surface area contributed by atoms with Gasteiger partial charge in [-0.15, -0.1) is 0 Å². The highest BCUT2D eigenvalue weighted by Crippen LogP contribution is 2.24. The third-order valence-electron chi connectivity index (χ3n) is 2.94. The smallest absolute Gasteiger partial charge is 0.126 e. The molecule has 0 aliphatic carbocycles. The van der Waals surface area contributed by atoms with E-state index in [1.165, 1.54) is 10.9 Å². The third-order valence-corrected chi connectivity index (χ3v) is 4.32. The minimum atomic E-state index is 0.409. The van der Waals surface area contributed by atoms with Gasteiger partial charge in [0.05, 0.1) is 0 Å². The van der Waals surface area contributed by atoms with E-state index in [0.717, 1.165) is 16.4 Å². The first kappa shape index (κ1) is 13.8. The topological polar surface area (TPSA) is 32.6 Å². The molecule has 3 heteroatoms. The zero-order valence-electron chi connectivity index (χ0n) is 11.4. The molecule has 0 radical (unpaired) electrons. The molecule has 1 unspecified atom stereocenters. The molecule has 98 valence electrons. The molecule has 0 aliphatic heterocycles. The number of aromatic hydroxyl groups is 1. The maximum Gasteiger partial charge on any atom is 0.126 e. The predicted octanol–water partition coefficient (Wildman–Crippen LogP) is 2.69. The average Bonchev–Trinajstić information content (AvgIpc) is 2.38. The summed E-state index contributed by atoms with van der Waals surface area (Å²) in [5.74, 6) is 0.409. The Morgan fingerprint density at radius 2 is 1.84 bits per heavy atom. The van der Waals surface area contributed by atoms with Gasteiger partial charge in [-0.3, -0.25) is 4.99 Å². The van der Waals surface area contributed by atoms with E-state index in [0.29, 0.717) is 14.3 Å². The second-order valence-corrected chi connectivity index (χ2v) is 5.90. The number of aryl methyl sites for hydroxylation is 2. The van der Waals surface area contributed by atoms with Gasteiger partial charge in [0.1, 0.15) is 5.75 Å². The molecule has 0 aliphatic rings. The number of phenolic OH excluding ortho intramolecular Hbond substituents is 1. The first-order valence-electron chi connectivity index (χ1n) is 6.20. The fourth-order valence-corrected chi connectivity index (χ4v) is 3.44. The molecule has 0 spiro atoms. The van der Waals surface area contributed by atoms with Crippen molar-refractivity contribution >= 4 is 25.4 Å². The van der Waals surface area contributed by atoms with E-state index in [9.17, 15) is 5.11 Å². The Kier molecular flexibility index (Phi) is 4.34. The second-order valence-electron chi connectivity index (χ2n) is 4.58. The lowest BCUT2D eigenvalue weighted by molar-refractivity contribution is 0.475. The summed E-state index contributed by atoms with van der Waals surface area (Å²) < 4.78 is 0. The van der Waals surface area contributed by atoms with Gasteiger partial charge in [0.25, 0.3) is 0 Å². The Hall–Kier alpha value is -1.66. The number of nitrogens with zero attached hydrogens (tertiary/aromatic N) is 1. The molecule has 2 rings (SSSR count). The summed E-state index contributed by atoms with van der Waals surface area (Å²) in [4.78, 5) is 4.08. The van der Waals surface area contributed by atoms with Crippen LogP contribution in [0.3, 0.4) is 0 Å². The van der Waals surface area contributed by atoms with Crippen LogP contribution >= 0.6 is 8.58 Å². The van der Waals surface area contributed by atoms with Crippen LogP contribution in [0.5, 0.6) is 5.75 Å². The van der Waals surface area contributed by atoms with Crippen LogP contribution in [0.1, 0.15) is 16.7 Å². The summed E-state index contributed by atoms with van der Waals surface area (Å²) in [5, 5.41) is 12.4. The highest BCUT2D eigenvalue weighted by molar-refractivity contribution is 7.56. The Morgan fingerprint density at radius 1 is 1.11 bits per heavy atom. The summed E-state index contributed by atoms with van der Waals surface area (Å²) >= 11 is 0. The molecule has 1 atom stereocenters. The first-order chi connectivity index (χ1) is 9.11. The van der Waals surface area contributed by atoms with Gasteiger partial charge in [-0.1, -0.05) is 38.9 Å². The van der Waals surface area contributed by atoms with E-state index in [-0.39, 0.29) is 0 Å². The Morgan fingerprint density at radius 3 is 2.58 bits per heavy atom. The minimum absolute atomic E-state index is 0.409. The summed E-state index contributed by atoms with van der Waals surface area (Å²) in [7, 11) is 2.21. The number of phenols is 1. The fourth-order valence-electron chi connectivity index (χ4n) is 2.06. The molecule has 1 N–H and O–H groups in total. The minimum Gasteiger partial charge on any atom is -0.507 e. The van der Waals surface area contributed by atoms with E-state index in [1.54, 1.807) is 7.05 Å². The van der Waals surface area contributed by atoms with E-state index < -0.39 is 0 Å². The Labute approximate surface area is 116 Å². The van der Waals surface area contributed by atoms with Gasteiger partial charge < -0.3 is 5.11 Å². The maximum atomic E-state index is 10.2. The summed E-state index contributed by atoms with van der Waals surface area (Å²) in [6, 6.07) is 12.2. The summed E-state index contributed by atoms with van der Waals surface area (Å²) in [6.45, 7) is 4.00. The van der Waals surface area contributed by atoms with Crippen molar-refractivity contribution in [3.8, 4) is 5.75 Å². The lowest BCUT2D eigenvalue weighted by atomic mass is 10.1. The molecule has 0 bridgehead atoms. The number of hydrogen-bond acceptors (Lipinski definition) is 2. The first-order valence-corrected chi connectivity index (χ1v) is 7.20. The van der Waals surface area contributed by atoms with Gasteiger partial charge in [0, 0.05) is 18.6 Å². The second kappa shape index (κ2) is 5.99. The molecular weight excluding hydrogens is 253 g/mol. The average molecular weight is 271 g/mol. The maximum absolute atomic E-state index is 10.2. The predicted molar refractivity (Wildman–Crippen MR) is 85.1 cm³/mol. The Bertz CT molecular complexity index is 620. The lowest BCUT2D eigenvalue weighted by Crippen LogP contribution is -2.10. The molecule has 2 aromatic rings. The van der Waals surface area contributed by atoms with Crippen molar-refractivity contribution in [2.75, 3.05) is 7.05 Å². The van der Waals surface area contributed by atoms with Gasteiger partial charge in [-0.05, 0) is 41.9 Å². The van der Waals surface area contributed by atoms with Gasteiger partial charge in [0.15, 0.2) is 0 Å². The van der Waals surface area contributed by atoms with Crippen molar-refractivity contribution in [3.05, 3.63) is 53.1 Å². The van der Waals surface area contributed by atoms with Crippen LogP contribution in [0.2, 0.25) is 0 Å².